The van der Waals surface area contributed by atoms with E-state index in [4.69, 9.17) is 0 Å². The summed E-state index contributed by atoms with van der Waals surface area (Å²) in [6.45, 7) is 4.92. The summed E-state index contributed by atoms with van der Waals surface area (Å²) in [5.74, 6) is 0.353. The number of hydrogen-bond acceptors (Lipinski definition) is 4. The zero-order chi connectivity index (χ0) is 15.8. The van der Waals surface area contributed by atoms with Crippen LogP contribution in [0.3, 0.4) is 0 Å². The van der Waals surface area contributed by atoms with Crippen molar-refractivity contribution in [3.05, 3.63) is 38.8 Å². The fraction of sp³-hybridized carbons (Fsp3) is 0.571. The molecule has 0 aliphatic rings. The Hall–Kier alpha value is -2.18. The van der Waals surface area contributed by atoms with E-state index in [1.807, 2.05) is 13.8 Å². The van der Waals surface area contributed by atoms with Gasteiger partial charge in [-0.05, 0) is 18.8 Å². The summed E-state index contributed by atoms with van der Waals surface area (Å²) >= 11 is 0. The van der Waals surface area contributed by atoms with E-state index in [1.165, 1.54) is 22.9 Å². The fourth-order valence-corrected chi connectivity index (χ4v) is 1.88. The van der Waals surface area contributed by atoms with Crippen LogP contribution >= 0.6 is 0 Å². The molecule has 0 unspecified atom stereocenters. The lowest BCUT2D eigenvalue weighted by molar-refractivity contribution is -0.385. The van der Waals surface area contributed by atoms with Crippen LogP contribution in [-0.4, -0.2) is 21.9 Å². The summed E-state index contributed by atoms with van der Waals surface area (Å²) in [5.41, 5.74) is -0.357. The molecule has 116 valence electrons. The monoisotopic (exact) mass is 295 g/mol. The lowest BCUT2D eigenvalue weighted by Gasteiger charge is -2.08. The Morgan fingerprint density at radius 1 is 1.38 bits per heavy atom. The van der Waals surface area contributed by atoms with E-state index in [9.17, 15) is 19.7 Å². The molecule has 1 aromatic rings. The molecule has 7 nitrogen and oxygen atoms in total. The zero-order valence-electron chi connectivity index (χ0n) is 12.4. The van der Waals surface area contributed by atoms with Gasteiger partial charge < -0.3 is 9.88 Å². The van der Waals surface area contributed by atoms with Crippen LogP contribution in [0.15, 0.2) is 23.1 Å². The summed E-state index contributed by atoms with van der Waals surface area (Å²) in [6.07, 6.45) is 3.14. The number of carbonyl (C=O) groups excluding carboxylic acids is 1. The molecule has 7 heteroatoms. The van der Waals surface area contributed by atoms with Crippen LogP contribution in [0.4, 0.5) is 5.69 Å². The van der Waals surface area contributed by atoms with Gasteiger partial charge in [0.25, 0.3) is 11.2 Å². The number of nitrogens with zero attached hydrogens (tertiary/aromatic N) is 2. The Kier molecular flexibility index (Phi) is 6.58. The molecule has 1 aromatic heterocycles. The molecule has 0 aromatic carbocycles. The van der Waals surface area contributed by atoms with Gasteiger partial charge >= 0.3 is 0 Å². The van der Waals surface area contributed by atoms with Gasteiger partial charge in [-0.2, -0.15) is 0 Å². The number of unbranched alkanes of at least 4 members (excludes halogenated alkanes) is 1. The van der Waals surface area contributed by atoms with Gasteiger partial charge in [0.05, 0.1) is 11.1 Å². The maximum absolute atomic E-state index is 11.6. The smallest absolute Gasteiger partial charge is 0.285 e. The molecule has 1 N–H and O–H groups in total. The molecule has 1 amide bonds. The lowest BCUT2D eigenvalue weighted by atomic mass is 10.1. The number of pyridine rings is 1. The summed E-state index contributed by atoms with van der Waals surface area (Å²) in [5, 5.41) is 13.5. The van der Waals surface area contributed by atoms with E-state index in [0.717, 1.165) is 6.42 Å². The standard InChI is InChI=1S/C14H21N3O4/c1-11(2)9-13(18)15-7-3-4-8-16-10-12(17(20)21)5-6-14(16)19/h5-6,10-11H,3-4,7-9H2,1-2H3,(H,15,18). The van der Waals surface area contributed by atoms with Gasteiger partial charge in [0, 0.05) is 31.6 Å². The molecule has 0 bridgehead atoms. The third kappa shape index (κ3) is 6.20. The molecule has 0 saturated carbocycles. The Morgan fingerprint density at radius 2 is 2.10 bits per heavy atom. The molecule has 0 atom stereocenters. The van der Waals surface area contributed by atoms with Crippen molar-refractivity contribution in [2.24, 2.45) is 5.92 Å². The minimum atomic E-state index is -0.526. The SMILES string of the molecule is CC(C)CC(=O)NCCCCn1cc([N+](=O)[O-])ccc1=O. The number of amides is 1. The molecule has 21 heavy (non-hydrogen) atoms. The number of nitrogens with one attached hydrogen (secondary N) is 1. The number of aryl methyl sites for hydroxylation is 1. The number of aromatic nitrogens is 1. The van der Waals surface area contributed by atoms with E-state index < -0.39 is 4.92 Å². The maximum atomic E-state index is 11.6. The number of carbonyl (C=O) groups is 1. The molecule has 0 radical (unpaired) electrons. The van der Waals surface area contributed by atoms with E-state index in [-0.39, 0.29) is 17.2 Å². The van der Waals surface area contributed by atoms with Crippen LogP contribution in [0.2, 0.25) is 0 Å². The van der Waals surface area contributed by atoms with Crippen LogP contribution in [0.25, 0.3) is 0 Å². The summed E-state index contributed by atoms with van der Waals surface area (Å²) < 4.78 is 1.33. The topological polar surface area (TPSA) is 94.2 Å². The van der Waals surface area contributed by atoms with Gasteiger partial charge in [0.1, 0.15) is 0 Å². The van der Waals surface area contributed by atoms with Gasteiger partial charge in [0.2, 0.25) is 5.91 Å². The van der Waals surface area contributed by atoms with E-state index in [0.29, 0.717) is 31.8 Å². The Bertz CT molecular complexity index is 551. The minimum Gasteiger partial charge on any atom is -0.356 e. The van der Waals surface area contributed by atoms with E-state index in [2.05, 4.69) is 5.32 Å². The summed E-state index contributed by atoms with van der Waals surface area (Å²) in [4.78, 5) is 33.1. The molecular weight excluding hydrogens is 274 g/mol. The number of hydrogen-bond donors (Lipinski definition) is 1. The zero-order valence-corrected chi connectivity index (χ0v) is 12.4. The van der Waals surface area contributed by atoms with Crippen molar-refractivity contribution in [1.82, 2.24) is 9.88 Å². The fourth-order valence-electron chi connectivity index (χ4n) is 1.88. The second-order valence-corrected chi connectivity index (χ2v) is 5.33. The van der Waals surface area contributed by atoms with Crippen molar-refractivity contribution >= 4 is 11.6 Å². The van der Waals surface area contributed by atoms with Crippen molar-refractivity contribution in [1.29, 1.82) is 0 Å². The van der Waals surface area contributed by atoms with Crippen molar-refractivity contribution in [2.45, 2.75) is 39.7 Å². The Morgan fingerprint density at radius 3 is 2.71 bits per heavy atom. The predicted octanol–water partition coefficient (Wildman–Crippen LogP) is 1.70. The van der Waals surface area contributed by atoms with Crippen LogP contribution in [0.1, 0.15) is 33.1 Å². The maximum Gasteiger partial charge on any atom is 0.285 e. The highest BCUT2D eigenvalue weighted by Crippen LogP contribution is 2.07. The second-order valence-electron chi connectivity index (χ2n) is 5.33. The Balaban J connectivity index is 2.36. The van der Waals surface area contributed by atoms with Crippen LogP contribution in [0.5, 0.6) is 0 Å². The van der Waals surface area contributed by atoms with Crippen molar-refractivity contribution in [2.75, 3.05) is 6.54 Å². The first-order chi connectivity index (χ1) is 9.90. The molecule has 0 fully saturated rings. The highest BCUT2D eigenvalue weighted by Gasteiger charge is 2.07. The third-order valence-electron chi connectivity index (χ3n) is 2.92. The molecule has 1 heterocycles. The highest BCUT2D eigenvalue weighted by molar-refractivity contribution is 5.75. The van der Waals surface area contributed by atoms with Crippen molar-refractivity contribution < 1.29 is 9.72 Å². The first-order valence-electron chi connectivity index (χ1n) is 7.01. The number of rotatable bonds is 8. The lowest BCUT2D eigenvalue weighted by Crippen LogP contribution is -2.26. The molecule has 0 aliphatic heterocycles. The van der Waals surface area contributed by atoms with E-state index >= 15 is 0 Å². The average molecular weight is 295 g/mol. The van der Waals surface area contributed by atoms with Crippen molar-refractivity contribution in [3.8, 4) is 0 Å². The van der Waals surface area contributed by atoms with Crippen LogP contribution in [-0.2, 0) is 11.3 Å². The molecule has 0 spiro atoms. The predicted molar refractivity (Wildman–Crippen MR) is 79.1 cm³/mol. The summed E-state index contributed by atoms with van der Waals surface area (Å²) in [7, 11) is 0. The Labute approximate surface area is 123 Å². The first-order valence-corrected chi connectivity index (χ1v) is 7.01. The van der Waals surface area contributed by atoms with Gasteiger partial charge in [-0.1, -0.05) is 13.8 Å². The van der Waals surface area contributed by atoms with Gasteiger partial charge in [-0.15, -0.1) is 0 Å². The molecular formula is C14H21N3O4. The highest BCUT2D eigenvalue weighted by atomic mass is 16.6. The quantitative estimate of drug-likeness (QED) is 0.448. The largest absolute Gasteiger partial charge is 0.356 e. The van der Waals surface area contributed by atoms with Gasteiger partial charge in [-0.3, -0.25) is 19.7 Å². The first kappa shape index (κ1) is 16.9. The summed E-state index contributed by atoms with van der Waals surface area (Å²) in [6, 6.07) is 2.40. The second kappa shape index (κ2) is 8.18. The van der Waals surface area contributed by atoms with Crippen LogP contribution in [0, 0.1) is 16.0 Å². The molecule has 0 aliphatic carbocycles. The molecule has 0 saturated heterocycles. The van der Waals surface area contributed by atoms with Gasteiger partial charge in [0.15, 0.2) is 0 Å². The normalized spacial score (nSPS) is 10.6. The van der Waals surface area contributed by atoms with Crippen LogP contribution < -0.4 is 10.9 Å². The third-order valence-corrected chi connectivity index (χ3v) is 2.92. The van der Waals surface area contributed by atoms with Gasteiger partial charge in [-0.25, -0.2) is 0 Å². The minimum absolute atomic E-state index is 0.0255. The van der Waals surface area contributed by atoms with Crippen molar-refractivity contribution in [3.63, 3.8) is 0 Å². The number of nitro groups is 1. The average Bonchev–Trinajstić information content (AvgIpc) is 2.39. The molecule has 1 rings (SSSR count). The van der Waals surface area contributed by atoms with E-state index in [1.54, 1.807) is 0 Å².